The molecule has 0 bridgehead atoms. The van der Waals surface area contributed by atoms with Crippen LogP contribution in [0.5, 0.6) is 0 Å². The monoisotopic (exact) mass is 112 g/mol. The fraction of sp³-hybridized carbons (Fsp3) is 0.400. The molecule has 0 saturated carbocycles. The van der Waals surface area contributed by atoms with Gasteiger partial charge in [-0.2, -0.15) is 5.06 Å². The van der Waals surface area contributed by atoms with E-state index in [1.807, 2.05) is 0 Å². The predicted octanol–water partition coefficient (Wildman–Crippen LogP) is 0.405. The van der Waals surface area contributed by atoms with Crippen LogP contribution in [0.1, 0.15) is 0 Å². The second-order valence-corrected chi connectivity index (χ2v) is 1.43. The van der Waals surface area contributed by atoms with Gasteiger partial charge in [0, 0.05) is 0 Å². The number of hydrogen-bond donors (Lipinski definition) is 0. The zero-order valence-electron chi connectivity index (χ0n) is 4.58. The highest BCUT2D eigenvalue weighted by Gasteiger charge is 2.01. The molecule has 1 rings (SSSR count). The highest BCUT2D eigenvalue weighted by atomic mass is 16.7. The first-order valence-corrected chi connectivity index (χ1v) is 2.48. The van der Waals surface area contributed by atoms with Crippen LogP contribution in [0.2, 0.25) is 0 Å². The molecule has 3 nitrogen and oxygen atoms in total. The molecule has 0 amide bonds. The van der Waals surface area contributed by atoms with Gasteiger partial charge in [0.05, 0.1) is 13.1 Å². The van der Waals surface area contributed by atoms with E-state index in [1.54, 1.807) is 11.4 Å². The van der Waals surface area contributed by atoms with E-state index in [0.717, 1.165) is 13.1 Å². The maximum atomic E-state index is 4.85. The smallest absolute Gasteiger partial charge is 0.121 e. The largest absolute Gasteiger partial charge is 0.387 e. The summed E-state index contributed by atoms with van der Waals surface area (Å²) in [5.41, 5.74) is 0. The second-order valence-electron chi connectivity index (χ2n) is 1.43. The fourth-order valence-corrected chi connectivity index (χ4v) is 0.538. The molecule has 0 saturated heterocycles. The van der Waals surface area contributed by atoms with Crippen LogP contribution in [-0.4, -0.2) is 24.5 Å². The second kappa shape index (κ2) is 2.35. The molecule has 1 aliphatic heterocycles. The average Bonchev–Trinajstić information content (AvgIpc) is 2.19. The van der Waals surface area contributed by atoms with E-state index in [9.17, 15) is 0 Å². The summed E-state index contributed by atoms with van der Waals surface area (Å²) in [6, 6.07) is 0. The molecule has 0 spiro atoms. The molecule has 0 atom stereocenters. The van der Waals surface area contributed by atoms with Gasteiger partial charge < -0.3 is 4.84 Å². The molecule has 0 aromatic carbocycles. The molecule has 0 aliphatic carbocycles. The van der Waals surface area contributed by atoms with Gasteiger partial charge in [0.25, 0.3) is 0 Å². The molecular formula is C5H8N2O. The Morgan fingerprint density at radius 1 is 1.88 bits per heavy atom. The molecule has 0 aromatic rings. The van der Waals surface area contributed by atoms with Gasteiger partial charge in [-0.25, -0.2) is 0 Å². The minimum absolute atomic E-state index is 0.827. The average molecular weight is 112 g/mol. The molecular weight excluding hydrogens is 104 g/mol. The number of rotatable bonds is 2. The van der Waals surface area contributed by atoms with Crippen molar-refractivity contribution in [1.82, 2.24) is 5.06 Å². The Balaban J connectivity index is 2.25. The molecule has 0 fully saturated rings. The summed E-state index contributed by atoms with van der Waals surface area (Å²) < 4.78 is 0. The summed E-state index contributed by atoms with van der Waals surface area (Å²) in [5.74, 6) is 0. The molecule has 44 valence electrons. The van der Waals surface area contributed by atoms with Crippen molar-refractivity contribution in [3.05, 3.63) is 12.8 Å². The van der Waals surface area contributed by atoms with E-state index in [2.05, 4.69) is 11.6 Å². The van der Waals surface area contributed by atoms with Crippen LogP contribution in [0.15, 0.2) is 17.8 Å². The maximum absolute atomic E-state index is 4.85. The van der Waals surface area contributed by atoms with Crippen molar-refractivity contribution >= 4 is 6.34 Å². The van der Waals surface area contributed by atoms with E-state index in [-0.39, 0.29) is 0 Å². The van der Waals surface area contributed by atoms with E-state index in [4.69, 9.17) is 4.84 Å². The van der Waals surface area contributed by atoms with Gasteiger partial charge in [-0.15, -0.1) is 0 Å². The van der Waals surface area contributed by atoms with Gasteiger partial charge in [0.15, 0.2) is 0 Å². The minimum atomic E-state index is 0.827. The summed E-state index contributed by atoms with van der Waals surface area (Å²) in [5, 5.41) is 1.63. The van der Waals surface area contributed by atoms with Crippen molar-refractivity contribution in [2.75, 3.05) is 13.1 Å². The van der Waals surface area contributed by atoms with Crippen LogP contribution in [0.3, 0.4) is 0 Å². The Morgan fingerprint density at radius 3 is 3.25 bits per heavy atom. The van der Waals surface area contributed by atoms with Crippen LogP contribution in [0.4, 0.5) is 0 Å². The highest BCUT2D eigenvalue weighted by molar-refractivity contribution is 5.55. The zero-order chi connectivity index (χ0) is 5.82. The molecule has 0 aromatic heterocycles. The van der Waals surface area contributed by atoms with Gasteiger partial charge >= 0.3 is 0 Å². The summed E-state index contributed by atoms with van der Waals surface area (Å²) in [6.45, 7) is 5.07. The first kappa shape index (κ1) is 5.15. The number of aliphatic imine (C=N–C) groups is 1. The lowest BCUT2D eigenvalue weighted by Crippen LogP contribution is -2.16. The quantitative estimate of drug-likeness (QED) is 0.483. The highest BCUT2D eigenvalue weighted by Crippen LogP contribution is 1.92. The minimum Gasteiger partial charge on any atom is -0.387 e. The SMILES string of the molecule is C=CON1C=NCC1. The third-order valence-corrected chi connectivity index (χ3v) is 0.870. The summed E-state index contributed by atoms with van der Waals surface area (Å²) in [6.07, 6.45) is 3.04. The molecule has 1 heterocycles. The lowest BCUT2D eigenvalue weighted by molar-refractivity contribution is -0.0155. The zero-order valence-corrected chi connectivity index (χ0v) is 4.58. The van der Waals surface area contributed by atoms with Crippen molar-refractivity contribution in [2.24, 2.45) is 4.99 Å². The van der Waals surface area contributed by atoms with E-state index in [0.29, 0.717) is 0 Å². The molecule has 8 heavy (non-hydrogen) atoms. The molecule has 0 N–H and O–H groups in total. The lowest BCUT2D eigenvalue weighted by atomic mass is 10.7. The maximum Gasteiger partial charge on any atom is 0.121 e. The van der Waals surface area contributed by atoms with Gasteiger partial charge in [-0.1, -0.05) is 6.58 Å². The molecule has 0 unspecified atom stereocenters. The van der Waals surface area contributed by atoms with Gasteiger partial charge in [-0.3, -0.25) is 4.99 Å². The van der Waals surface area contributed by atoms with E-state index in [1.165, 1.54) is 6.26 Å². The van der Waals surface area contributed by atoms with Crippen molar-refractivity contribution in [2.45, 2.75) is 0 Å². The first-order valence-electron chi connectivity index (χ1n) is 2.48. The van der Waals surface area contributed by atoms with E-state index < -0.39 is 0 Å². The third kappa shape index (κ3) is 0.992. The van der Waals surface area contributed by atoms with Gasteiger partial charge in [0.1, 0.15) is 12.6 Å². The van der Waals surface area contributed by atoms with Crippen molar-refractivity contribution in [3.63, 3.8) is 0 Å². The first-order chi connectivity index (χ1) is 3.93. The van der Waals surface area contributed by atoms with Crippen LogP contribution in [0.25, 0.3) is 0 Å². The van der Waals surface area contributed by atoms with Gasteiger partial charge in [-0.05, 0) is 0 Å². The van der Waals surface area contributed by atoms with Gasteiger partial charge in [0.2, 0.25) is 0 Å². The summed E-state index contributed by atoms with van der Waals surface area (Å²) in [7, 11) is 0. The topological polar surface area (TPSA) is 24.8 Å². The van der Waals surface area contributed by atoms with Crippen molar-refractivity contribution < 1.29 is 4.84 Å². The number of hydroxylamine groups is 2. The Hall–Kier alpha value is -0.990. The fourth-order valence-electron chi connectivity index (χ4n) is 0.538. The standard InChI is InChI=1S/C5H8N2O/c1-2-8-7-4-3-6-5-7/h2,5H,1,3-4H2. The predicted molar refractivity (Wildman–Crippen MR) is 31.3 cm³/mol. The van der Waals surface area contributed by atoms with Crippen molar-refractivity contribution in [3.8, 4) is 0 Å². The Bertz CT molecular complexity index is 111. The summed E-state index contributed by atoms with van der Waals surface area (Å²) >= 11 is 0. The van der Waals surface area contributed by atoms with Crippen LogP contribution in [0, 0.1) is 0 Å². The van der Waals surface area contributed by atoms with Crippen molar-refractivity contribution in [1.29, 1.82) is 0 Å². The Kier molecular flexibility index (Phi) is 1.51. The normalized spacial score (nSPS) is 16.8. The molecule has 3 heteroatoms. The third-order valence-electron chi connectivity index (χ3n) is 0.870. The molecule has 0 radical (unpaired) electrons. The van der Waals surface area contributed by atoms with Crippen LogP contribution in [-0.2, 0) is 4.84 Å². The van der Waals surface area contributed by atoms with Crippen LogP contribution < -0.4 is 0 Å². The van der Waals surface area contributed by atoms with Crippen LogP contribution >= 0.6 is 0 Å². The number of nitrogens with zero attached hydrogens (tertiary/aromatic N) is 2. The lowest BCUT2D eigenvalue weighted by Gasteiger charge is -2.08. The summed E-state index contributed by atoms with van der Waals surface area (Å²) in [4.78, 5) is 8.76. The Morgan fingerprint density at radius 2 is 2.75 bits per heavy atom. The number of hydrogen-bond acceptors (Lipinski definition) is 3. The Labute approximate surface area is 48.2 Å². The molecule has 1 aliphatic rings. The van der Waals surface area contributed by atoms with E-state index >= 15 is 0 Å².